The van der Waals surface area contributed by atoms with E-state index in [0.29, 0.717) is 26.2 Å². The van der Waals surface area contributed by atoms with E-state index in [-0.39, 0.29) is 0 Å². The highest BCUT2D eigenvalue weighted by Gasteiger charge is 2.17. The average Bonchev–Trinajstić information content (AvgIpc) is 2.31. The van der Waals surface area contributed by atoms with Crippen LogP contribution in [0.3, 0.4) is 0 Å². The summed E-state index contributed by atoms with van der Waals surface area (Å²) in [7, 11) is 0. The maximum absolute atomic E-state index is 10.3. The van der Waals surface area contributed by atoms with Crippen LogP contribution < -0.4 is 0 Å². The van der Waals surface area contributed by atoms with Crippen LogP contribution in [-0.2, 0) is 0 Å². The van der Waals surface area contributed by atoms with E-state index in [2.05, 4.69) is 15.9 Å². The van der Waals surface area contributed by atoms with E-state index in [0.717, 1.165) is 4.47 Å². The molecule has 0 aromatic heterocycles. The Morgan fingerprint density at radius 2 is 1.61 bits per heavy atom. The Bertz CT molecular complexity index is 586. The number of halogens is 4. The number of hydrogen-bond donors (Lipinski definition) is 1. The molecule has 1 atom stereocenters. The van der Waals surface area contributed by atoms with Gasteiger partial charge in [0, 0.05) is 30.7 Å². The van der Waals surface area contributed by atoms with Crippen LogP contribution >= 0.6 is 50.7 Å². The van der Waals surface area contributed by atoms with Crippen molar-refractivity contribution in [2.45, 2.75) is 6.10 Å². The summed E-state index contributed by atoms with van der Waals surface area (Å²) in [5.41, 5.74) is 1.16. The minimum absolute atomic E-state index is 0.408. The van der Waals surface area contributed by atoms with Crippen molar-refractivity contribution < 1.29 is 5.11 Å². The molecule has 18 heavy (non-hydrogen) atoms. The lowest BCUT2D eigenvalue weighted by Gasteiger charge is -2.15. The third-order valence-corrected chi connectivity index (χ3v) is 3.91. The van der Waals surface area contributed by atoms with E-state index in [4.69, 9.17) is 34.8 Å². The second kappa shape index (κ2) is 5.81. The highest BCUT2D eigenvalue weighted by atomic mass is 79.9. The third kappa shape index (κ3) is 3.01. The summed E-state index contributed by atoms with van der Waals surface area (Å²) in [5, 5.41) is 11.8. The number of benzene rings is 2. The fourth-order valence-corrected chi connectivity index (χ4v) is 2.73. The Morgan fingerprint density at radius 3 is 2.28 bits per heavy atom. The van der Waals surface area contributed by atoms with Gasteiger partial charge in [-0.25, -0.2) is 0 Å². The first-order valence-electron chi connectivity index (χ1n) is 5.07. The number of hydrogen-bond acceptors (Lipinski definition) is 1. The second-order valence-corrected chi connectivity index (χ2v) is 5.90. The van der Waals surface area contributed by atoms with Gasteiger partial charge in [-0.15, -0.1) is 0 Å². The van der Waals surface area contributed by atoms with Gasteiger partial charge in [-0.05, 0) is 30.3 Å². The molecule has 0 aliphatic rings. The highest BCUT2D eigenvalue weighted by Crippen LogP contribution is 2.34. The molecular formula is C13H8BrCl3O. The summed E-state index contributed by atoms with van der Waals surface area (Å²) in [4.78, 5) is 0. The maximum Gasteiger partial charge on any atom is 0.107 e. The van der Waals surface area contributed by atoms with E-state index in [1.54, 1.807) is 30.3 Å². The molecule has 2 aromatic carbocycles. The minimum Gasteiger partial charge on any atom is -0.384 e. The van der Waals surface area contributed by atoms with Crippen LogP contribution in [0.25, 0.3) is 0 Å². The van der Waals surface area contributed by atoms with Crippen LogP contribution in [0.1, 0.15) is 17.2 Å². The number of rotatable bonds is 2. The quantitative estimate of drug-likeness (QED) is 0.745. The average molecular weight is 366 g/mol. The monoisotopic (exact) mass is 364 g/mol. The van der Waals surface area contributed by atoms with Gasteiger partial charge in [0.25, 0.3) is 0 Å². The van der Waals surface area contributed by atoms with Crippen molar-refractivity contribution in [3.05, 3.63) is 67.1 Å². The van der Waals surface area contributed by atoms with E-state index in [9.17, 15) is 5.11 Å². The van der Waals surface area contributed by atoms with Gasteiger partial charge in [0.1, 0.15) is 6.10 Å². The molecule has 0 amide bonds. The molecule has 1 unspecified atom stereocenters. The summed E-state index contributed by atoms with van der Waals surface area (Å²) in [6.07, 6.45) is -0.889. The normalized spacial score (nSPS) is 12.5. The summed E-state index contributed by atoms with van der Waals surface area (Å²) < 4.78 is 0.839. The maximum atomic E-state index is 10.3. The van der Waals surface area contributed by atoms with Crippen LogP contribution in [0.4, 0.5) is 0 Å². The van der Waals surface area contributed by atoms with Crippen LogP contribution in [0.5, 0.6) is 0 Å². The molecule has 0 bridgehead atoms. The zero-order valence-corrected chi connectivity index (χ0v) is 12.9. The molecule has 0 heterocycles. The summed E-state index contributed by atoms with van der Waals surface area (Å²) in [5.74, 6) is 0. The minimum atomic E-state index is -0.889. The lowest BCUT2D eigenvalue weighted by Crippen LogP contribution is -2.01. The third-order valence-electron chi connectivity index (χ3n) is 2.51. The molecular weight excluding hydrogens is 358 g/mol. The van der Waals surface area contributed by atoms with Gasteiger partial charge in [-0.1, -0.05) is 56.8 Å². The number of aliphatic hydroxyl groups is 1. The van der Waals surface area contributed by atoms with Crippen molar-refractivity contribution in [3.63, 3.8) is 0 Å². The molecule has 94 valence electrons. The van der Waals surface area contributed by atoms with Crippen LogP contribution in [0.15, 0.2) is 40.9 Å². The van der Waals surface area contributed by atoms with Crippen molar-refractivity contribution in [2.24, 2.45) is 0 Å². The van der Waals surface area contributed by atoms with Crippen LogP contribution in [-0.4, -0.2) is 5.11 Å². The molecule has 0 aliphatic carbocycles. The van der Waals surface area contributed by atoms with Crippen molar-refractivity contribution >= 4 is 50.7 Å². The van der Waals surface area contributed by atoms with Gasteiger partial charge in [0.05, 0.1) is 0 Å². The fourth-order valence-electron chi connectivity index (χ4n) is 1.61. The number of aliphatic hydroxyl groups excluding tert-OH is 1. The van der Waals surface area contributed by atoms with Gasteiger partial charge in [0.2, 0.25) is 0 Å². The zero-order chi connectivity index (χ0) is 13.3. The smallest absolute Gasteiger partial charge is 0.107 e. The van der Waals surface area contributed by atoms with Gasteiger partial charge >= 0.3 is 0 Å². The van der Waals surface area contributed by atoms with Gasteiger partial charge < -0.3 is 5.11 Å². The highest BCUT2D eigenvalue weighted by molar-refractivity contribution is 9.10. The Hall–Kier alpha value is -0.250. The van der Waals surface area contributed by atoms with E-state index in [1.165, 1.54) is 0 Å². The molecule has 0 saturated heterocycles. The predicted molar refractivity (Wildman–Crippen MR) is 79.7 cm³/mol. The molecule has 0 fully saturated rings. The fraction of sp³-hybridized carbons (Fsp3) is 0.0769. The van der Waals surface area contributed by atoms with Crippen molar-refractivity contribution in [1.82, 2.24) is 0 Å². The van der Waals surface area contributed by atoms with E-state index in [1.807, 2.05) is 6.07 Å². The lowest BCUT2D eigenvalue weighted by atomic mass is 10.0. The molecule has 5 heteroatoms. The first kappa shape index (κ1) is 14.2. The first-order valence-corrected chi connectivity index (χ1v) is 6.99. The first-order chi connectivity index (χ1) is 8.49. The Balaban J connectivity index is 2.47. The Labute approximate surface area is 128 Å². The lowest BCUT2D eigenvalue weighted by molar-refractivity contribution is 0.220. The Kier molecular flexibility index (Phi) is 4.57. The Morgan fingerprint density at radius 1 is 0.889 bits per heavy atom. The molecule has 2 rings (SSSR count). The predicted octanol–water partition coefficient (Wildman–Crippen LogP) is 5.49. The topological polar surface area (TPSA) is 20.2 Å². The summed E-state index contributed by atoms with van der Waals surface area (Å²) in [6, 6.07) is 10.2. The van der Waals surface area contributed by atoms with Gasteiger partial charge in [-0.2, -0.15) is 0 Å². The molecule has 0 saturated carbocycles. The van der Waals surface area contributed by atoms with Crippen LogP contribution in [0.2, 0.25) is 15.1 Å². The second-order valence-electron chi connectivity index (χ2n) is 3.73. The molecule has 1 N–H and O–H groups in total. The van der Waals surface area contributed by atoms with E-state index >= 15 is 0 Å². The zero-order valence-electron chi connectivity index (χ0n) is 9.00. The van der Waals surface area contributed by atoms with Gasteiger partial charge in [-0.3, -0.25) is 0 Å². The molecule has 0 radical (unpaired) electrons. The molecule has 2 aromatic rings. The summed E-state index contributed by atoms with van der Waals surface area (Å²) >= 11 is 21.3. The van der Waals surface area contributed by atoms with E-state index < -0.39 is 6.10 Å². The van der Waals surface area contributed by atoms with Crippen LogP contribution in [0, 0.1) is 0 Å². The summed E-state index contributed by atoms with van der Waals surface area (Å²) in [6.45, 7) is 0. The SMILES string of the molecule is OC(c1ccc(Cl)cc1Cl)c1cc(Br)ccc1Cl. The van der Waals surface area contributed by atoms with Crippen molar-refractivity contribution in [3.8, 4) is 0 Å². The standard InChI is InChI=1S/C13H8BrCl3O/c14-7-1-4-11(16)10(5-7)13(18)9-3-2-8(15)6-12(9)17/h1-6,13,18H. The van der Waals surface area contributed by atoms with Crippen molar-refractivity contribution in [1.29, 1.82) is 0 Å². The van der Waals surface area contributed by atoms with Gasteiger partial charge in [0.15, 0.2) is 0 Å². The largest absolute Gasteiger partial charge is 0.384 e. The molecule has 1 nitrogen and oxygen atoms in total. The molecule has 0 aliphatic heterocycles. The molecule has 0 spiro atoms. The van der Waals surface area contributed by atoms with Crippen molar-refractivity contribution in [2.75, 3.05) is 0 Å².